The molecule has 1 aliphatic heterocycles. The first-order chi connectivity index (χ1) is 11.4. The highest BCUT2D eigenvalue weighted by Gasteiger charge is 2.54. The van der Waals surface area contributed by atoms with Gasteiger partial charge in [-0.05, 0) is 38.0 Å². The van der Waals surface area contributed by atoms with Gasteiger partial charge in [0, 0.05) is 35.8 Å². The SMILES string of the molecule is Cc1cc(-c2ccc(O)cc2F)nn1C1CC2(C1)CN(C(=O)O)C2. The number of carbonyl (C=O) groups is 1. The summed E-state index contributed by atoms with van der Waals surface area (Å²) in [5, 5.41) is 22.8. The summed E-state index contributed by atoms with van der Waals surface area (Å²) in [5.74, 6) is -0.609. The molecule has 0 atom stereocenters. The lowest BCUT2D eigenvalue weighted by Gasteiger charge is -2.58. The molecule has 1 amide bonds. The van der Waals surface area contributed by atoms with E-state index >= 15 is 0 Å². The summed E-state index contributed by atoms with van der Waals surface area (Å²) in [4.78, 5) is 12.3. The molecule has 7 heteroatoms. The van der Waals surface area contributed by atoms with Gasteiger partial charge >= 0.3 is 6.09 Å². The summed E-state index contributed by atoms with van der Waals surface area (Å²) in [6, 6.07) is 6.12. The van der Waals surface area contributed by atoms with Crippen molar-refractivity contribution in [1.82, 2.24) is 14.7 Å². The van der Waals surface area contributed by atoms with E-state index in [9.17, 15) is 14.3 Å². The van der Waals surface area contributed by atoms with Crippen LogP contribution >= 0.6 is 0 Å². The minimum atomic E-state index is -0.857. The zero-order valence-electron chi connectivity index (χ0n) is 13.2. The number of phenols is 1. The smallest absolute Gasteiger partial charge is 0.407 e. The van der Waals surface area contributed by atoms with Crippen LogP contribution in [0, 0.1) is 18.2 Å². The number of benzene rings is 1. The number of rotatable bonds is 2. The van der Waals surface area contributed by atoms with Crippen LogP contribution in [0.4, 0.5) is 9.18 Å². The van der Waals surface area contributed by atoms with E-state index in [0.29, 0.717) is 24.3 Å². The second kappa shape index (κ2) is 4.96. The average Bonchev–Trinajstić information content (AvgIpc) is 2.77. The lowest BCUT2D eigenvalue weighted by molar-refractivity contribution is -0.0775. The first kappa shape index (κ1) is 15.0. The highest BCUT2D eigenvalue weighted by Crippen LogP contribution is 2.54. The maximum atomic E-state index is 14.0. The van der Waals surface area contributed by atoms with E-state index in [2.05, 4.69) is 5.10 Å². The molecule has 1 spiro atoms. The van der Waals surface area contributed by atoms with Gasteiger partial charge in [-0.25, -0.2) is 9.18 Å². The fraction of sp³-hybridized carbons (Fsp3) is 0.412. The molecule has 4 rings (SSSR count). The highest BCUT2D eigenvalue weighted by molar-refractivity contribution is 5.66. The number of nitrogens with zero attached hydrogens (tertiary/aromatic N) is 3. The van der Waals surface area contributed by atoms with Crippen molar-refractivity contribution in [3.63, 3.8) is 0 Å². The molecule has 0 bridgehead atoms. The van der Waals surface area contributed by atoms with Gasteiger partial charge in [-0.15, -0.1) is 0 Å². The van der Waals surface area contributed by atoms with Crippen LogP contribution in [-0.2, 0) is 0 Å². The molecule has 1 saturated heterocycles. The molecule has 126 valence electrons. The quantitative estimate of drug-likeness (QED) is 0.886. The van der Waals surface area contributed by atoms with Crippen LogP contribution in [0.25, 0.3) is 11.3 Å². The Morgan fingerprint density at radius 1 is 1.33 bits per heavy atom. The molecule has 0 radical (unpaired) electrons. The Kier molecular flexibility index (Phi) is 3.10. The van der Waals surface area contributed by atoms with Gasteiger partial charge in [0.05, 0.1) is 11.7 Å². The topological polar surface area (TPSA) is 78.6 Å². The molecule has 24 heavy (non-hydrogen) atoms. The second-order valence-electron chi connectivity index (χ2n) is 6.98. The molecule has 1 saturated carbocycles. The molecule has 2 aromatic rings. The number of likely N-dealkylation sites (tertiary alicyclic amines) is 1. The van der Waals surface area contributed by atoms with Crippen molar-refractivity contribution in [2.75, 3.05) is 13.1 Å². The van der Waals surface area contributed by atoms with E-state index in [4.69, 9.17) is 5.11 Å². The van der Waals surface area contributed by atoms with E-state index < -0.39 is 11.9 Å². The zero-order valence-corrected chi connectivity index (χ0v) is 13.2. The summed E-state index contributed by atoms with van der Waals surface area (Å²) < 4.78 is 15.9. The summed E-state index contributed by atoms with van der Waals surface area (Å²) in [6.45, 7) is 3.13. The van der Waals surface area contributed by atoms with Crippen molar-refractivity contribution in [3.8, 4) is 17.0 Å². The normalized spacial score (nSPS) is 19.2. The predicted octanol–water partition coefficient (Wildman–Crippen LogP) is 3.02. The van der Waals surface area contributed by atoms with Crippen LogP contribution in [0.5, 0.6) is 5.75 Å². The molecule has 2 fully saturated rings. The van der Waals surface area contributed by atoms with Gasteiger partial charge in [-0.3, -0.25) is 4.68 Å². The number of aromatic nitrogens is 2. The van der Waals surface area contributed by atoms with Crippen LogP contribution in [0.15, 0.2) is 24.3 Å². The number of aromatic hydroxyl groups is 1. The van der Waals surface area contributed by atoms with Crippen molar-refractivity contribution in [1.29, 1.82) is 0 Å². The van der Waals surface area contributed by atoms with E-state index in [1.165, 1.54) is 17.0 Å². The third kappa shape index (κ3) is 2.23. The van der Waals surface area contributed by atoms with E-state index in [1.54, 1.807) is 0 Å². The van der Waals surface area contributed by atoms with Gasteiger partial charge in [-0.2, -0.15) is 5.10 Å². The molecule has 2 heterocycles. The summed E-state index contributed by atoms with van der Waals surface area (Å²) in [7, 11) is 0. The third-order valence-electron chi connectivity index (χ3n) is 5.16. The molecule has 0 unspecified atom stereocenters. The number of carboxylic acid groups (broad SMARTS) is 1. The van der Waals surface area contributed by atoms with E-state index in [1.807, 2.05) is 17.7 Å². The number of aryl methyl sites for hydroxylation is 1. The van der Waals surface area contributed by atoms with Gasteiger partial charge in [0.25, 0.3) is 0 Å². The minimum Gasteiger partial charge on any atom is -0.508 e. The van der Waals surface area contributed by atoms with Crippen molar-refractivity contribution in [2.24, 2.45) is 5.41 Å². The average molecular weight is 331 g/mol. The first-order valence-electron chi connectivity index (χ1n) is 7.90. The van der Waals surface area contributed by atoms with Gasteiger partial charge in [0.1, 0.15) is 11.6 Å². The standard InChI is InChI=1S/C17H18FN3O3/c1-10-4-15(13-3-2-12(22)5-14(13)18)19-21(10)11-6-17(7-11)8-20(9-17)16(23)24/h2-5,11,22H,6-9H2,1H3,(H,23,24). The van der Waals surface area contributed by atoms with Gasteiger partial charge < -0.3 is 15.1 Å². The number of hydrogen-bond donors (Lipinski definition) is 2. The number of amides is 1. The Bertz CT molecular complexity index is 818. The Labute approximate surface area is 138 Å². The fourth-order valence-electron chi connectivity index (χ4n) is 3.97. The van der Waals surface area contributed by atoms with Crippen molar-refractivity contribution in [3.05, 3.63) is 35.8 Å². The minimum absolute atomic E-state index is 0.103. The number of halogens is 1. The Hall–Kier alpha value is -2.57. The van der Waals surface area contributed by atoms with Crippen LogP contribution in [0.2, 0.25) is 0 Å². The molecule has 1 aromatic heterocycles. The molecule has 2 aliphatic rings. The Morgan fingerprint density at radius 2 is 2.04 bits per heavy atom. The maximum Gasteiger partial charge on any atom is 0.407 e. The first-order valence-corrected chi connectivity index (χ1v) is 7.90. The fourth-order valence-corrected chi connectivity index (χ4v) is 3.97. The maximum absolute atomic E-state index is 14.0. The number of hydrogen-bond acceptors (Lipinski definition) is 3. The summed E-state index contributed by atoms with van der Waals surface area (Å²) in [6.07, 6.45) is 0.942. The third-order valence-corrected chi connectivity index (χ3v) is 5.16. The van der Waals surface area contributed by atoms with Crippen LogP contribution < -0.4 is 0 Å². The lowest BCUT2D eigenvalue weighted by atomic mass is 9.61. The molecule has 1 aromatic carbocycles. The van der Waals surface area contributed by atoms with Crippen LogP contribution in [-0.4, -0.2) is 44.1 Å². The monoisotopic (exact) mass is 331 g/mol. The largest absolute Gasteiger partial charge is 0.508 e. The van der Waals surface area contributed by atoms with Crippen LogP contribution in [0.1, 0.15) is 24.6 Å². The molecular formula is C17H18FN3O3. The Morgan fingerprint density at radius 3 is 2.67 bits per heavy atom. The molecular weight excluding hydrogens is 313 g/mol. The molecule has 2 N–H and O–H groups in total. The van der Waals surface area contributed by atoms with Gasteiger partial charge in [0.15, 0.2) is 0 Å². The van der Waals surface area contributed by atoms with Crippen LogP contribution in [0.3, 0.4) is 0 Å². The number of phenolic OH excluding ortho intramolecular Hbond substituents is 1. The molecule has 6 nitrogen and oxygen atoms in total. The Balaban J connectivity index is 1.51. The van der Waals surface area contributed by atoms with Gasteiger partial charge in [-0.1, -0.05) is 0 Å². The highest BCUT2D eigenvalue weighted by atomic mass is 19.1. The van der Waals surface area contributed by atoms with Crippen molar-refractivity contribution >= 4 is 6.09 Å². The van der Waals surface area contributed by atoms with Gasteiger partial charge in [0.2, 0.25) is 0 Å². The summed E-state index contributed by atoms with van der Waals surface area (Å²) in [5.41, 5.74) is 1.97. The van der Waals surface area contributed by atoms with E-state index in [0.717, 1.165) is 24.6 Å². The van der Waals surface area contributed by atoms with E-state index in [-0.39, 0.29) is 17.2 Å². The summed E-state index contributed by atoms with van der Waals surface area (Å²) >= 11 is 0. The zero-order chi connectivity index (χ0) is 17.1. The lowest BCUT2D eigenvalue weighted by Crippen LogP contribution is -2.63. The predicted molar refractivity (Wildman–Crippen MR) is 84.3 cm³/mol. The second-order valence-corrected chi connectivity index (χ2v) is 6.98. The van der Waals surface area contributed by atoms with Crippen molar-refractivity contribution < 1.29 is 19.4 Å². The molecule has 1 aliphatic carbocycles. The van der Waals surface area contributed by atoms with Crippen molar-refractivity contribution in [2.45, 2.75) is 25.8 Å².